The standard InChI is InChI=1S/C12H19N3/c1-3-5-9-15(4-2)12(10-13)11-7-6-8-14-11/h6-8,12,14H,3-5,9H2,1-2H3. The van der Waals surface area contributed by atoms with Crippen molar-refractivity contribution >= 4 is 0 Å². The van der Waals surface area contributed by atoms with E-state index in [9.17, 15) is 5.26 Å². The minimum absolute atomic E-state index is 0.128. The second-order valence-corrected chi connectivity index (χ2v) is 3.64. The molecule has 0 aliphatic rings. The van der Waals surface area contributed by atoms with Gasteiger partial charge in [-0.3, -0.25) is 4.90 Å². The summed E-state index contributed by atoms with van der Waals surface area (Å²) < 4.78 is 0. The van der Waals surface area contributed by atoms with Crippen molar-refractivity contribution in [2.75, 3.05) is 13.1 Å². The van der Waals surface area contributed by atoms with E-state index in [1.165, 1.54) is 6.42 Å². The topological polar surface area (TPSA) is 42.8 Å². The van der Waals surface area contributed by atoms with E-state index in [1.807, 2.05) is 18.3 Å². The van der Waals surface area contributed by atoms with Crippen LogP contribution in [0.4, 0.5) is 0 Å². The van der Waals surface area contributed by atoms with Crippen LogP contribution < -0.4 is 0 Å². The molecule has 1 rings (SSSR count). The third kappa shape index (κ3) is 3.10. The van der Waals surface area contributed by atoms with Gasteiger partial charge in [0.25, 0.3) is 0 Å². The molecule has 0 aliphatic carbocycles. The van der Waals surface area contributed by atoms with Crippen LogP contribution in [0, 0.1) is 11.3 Å². The fraction of sp³-hybridized carbons (Fsp3) is 0.583. The summed E-state index contributed by atoms with van der Waals surface area (Å²) >= 11 is 0. The van der Waals surface area contributed by atoms with Gasteiger partial charge in [-0.2, -0.15) is 5.26 Å². The molecule has 0 aliphatic heterocycles. The summed E-state index contributed by atoms with van der Waals surface area (Å²) in [5, 5.41) is 9.19. The molecule has 1 aromatic heterocycles. The Kier molecular flexibility index (Phi) is 4.92. The Bertz CT molecular complexity index is 297. The minimum atomic E-state index is -0.128. The molecule has 1 N–H and O–H groups in total. The van der Waals surface area contributed by atoms with Gasteiger partial charge in [0, 0.05) is 11.9 Å². The van der Waals surface area contributed by atoms with Gasteiger partial charge in [0.05, 0.1) is 6.07 Å². The van der Waals surface area contributed by atoms with Gasteiger partial charge in [0.2, 0.25) is 0 Å². The molecule has 0 radical (unpaired) electrons. The Morgan fingerprint density at radius 1 is 1.53 bits per heavy atom. The summed E-state index contributed by atoms with van der Waals surface area (Å²) in [4.78, 5) is 5.32. The van der Waals surface area contributed by atoms with Crippen molar-refractivity contribution in [3.8, 4) is 6.07 Å². The van der Waals surface area contributed by atoms with Crippen molar-refractivity contribution < 1.29 is 0 Å². The van der Waals surface area contributed by atoms with Gasteiger partial charge in [0.1, 0.15) is 6.04 Å². The van der Waals surface area contributed by atoms with Crippen LogP contribution in [0.25, 0.3) is 0 Å². The molecule has 0 amide bonds. The first kappa shape index (κ1) is 11.8. The van der Waals surface area contributed by atoms with Crippen LogP contribution in [0.5, 0.6) is 0 Å². The summed E-state index contributed by atoms with van der Waals surface area (Å²) in [6.07, 6.45) is 4.18. The van der Waals surface area contributed by atoms with Crippen LogP contribution in [-0.2, 0) is 0 Å². The van der Waals surface area contributed by atoms with Crippen LogP contribution >= 0.6 is 0 Å². The van der Waals surface area contributed by atoms with Crippen molar-refractivity contribution in [1.29, 1.82) is 5.26 Å². The molecule has 0 saturated heterocycles. The lowest BCUT2D eigenvalue weighted by molar-refractivity contribution is 0.242. The smallest absolute Gasteiger partial charge is 0.138 e. The Morgan fingerprint density at radius 2 is 2.33 bits per heavy atom. The highest BCUT2D eigenvalue weighted by Gasteiger charge is 2.18. The number of rotatable bonds is 6. The molecule has 0 spiro atoms. The van der Waals surface area contributed by atoms with E-state index in [4.69, 9.17) is 0 Å². The lowest BCUT2D eigenvalue weighted by Gasteiger charge is -2.24. The van der Waals surface area contributed by atoms with E-state index in [2.05, 4.69) is 29.8 Å². The molecule has 1 unspecified atom stereocenters. The fourth-order valence-electron chi connectivity index (χ4n) is 1.69. The third-order valence-electron chi connectivity index (χ3n) is 2.61. The fourth-order valence-corrected chi connectivity index (χ4v) is 1.69. The molecule has 0 saturated carbocycles. The number of H-pyrrole nitrogens is 1. The quantitative estimate of drug-likeness (QED) is 0.776. The first-order valence-electron chi connectivity index (χ1n) is 5.60. The maximum atomic E-state index is 9.19. The highest BCUT2D eigenvalue weighted by atomic mass is 15.2. The van der Waals surface area contributed by atoms with Crippen LogP contribution in [0.3, 0.4) is 0 Å². The average molecular weight is 205 g/mol. The van der Waals surface area contributed by atoms with E-state index >= 15 is 0 Å². The first-order valence-corrected chi connectivity index (χ1v) is 5.60. The summed E-state index contributed by atoms with van der Waals surface area (Å²) in [6.45, 7) is 6.17. The lowest BCUT2D eigenvalue weighted by atomic mass is 10.2. The van der Waals surface area contributed by atoms with Gasteiger partial charge in [-0.05, 0) is 31.6 Å². The SMILES string of the molecule is CCCCN(CC)C(C#N)c1ccc[nH]1. The molecule has 1 heterocycles. The highest BCUT2D eigenvalue weighted by molar-refractivity contribution is 5.16. The maximum absolute atomic E-state index is 9.19. The molecule has 3 heteroatoms. The molecule has 3 nitrogen and oxygen atoms in total. The first-order chi connectivity index (χ1) is 7.33. The Labute approximate surface area is 91.7 Å². The van der Waals surface area contributed by atoms with E-state index in [0.717, 1.165) is 25.2 Å². The van der Waals surface area contributed by atoms with Crippen LogP contribution in [0.2, 0.25) is 0 Å². The van der Waals surface area contributed by atoms with Crippen molar-refractivity contribution in [1.82, 2.24) is 9.88 Å². The zero-order chi connectivity index (χ0) is 11.1. The summed E-state index contributed by atoms with van der Waals surface area (Å²) in [5.41, 5.74) is 0.996. The zero-order valence-electron chi connectivity index (χ0n) is 9.53. The number of nitrogens with zero attached hydrogens (tertiary/aromatic N) is 2. The number of nitrogens with one attached hydrogen (secondary N) is 1. The Balaban J connectivity index is 2.68. The predicted octanol–water partition coefficient (Wildman–Crippen LogP) is 2.70. The van der Waals surface area contributed by atoms with E-state index in [1.54, 1.807) is 0 Å². The molecule has 82 valence electrons. The Morgan fingerprint density at radius 3 is 2.80 bits per heavy atom. The van der Waals surface area contributed by atoms with Crippen molar-refractivity contribution in [2.24, 2.45) is 0 Å². The van der Waals surface area contributed by atoms with Gasteiger partial charge in [-0.1, -0.05) is 20.3 Å². The maximum Gasteiger partial charge on any atom is 0.138 e. The van der Waals surface area contributed by atoms with Crippen LogP contribution in [0.1, 0.15) is 38.4 Å². The molecule has 1 aromatic rings. The van der Waals surface area contributed by atoms with Crippen molar-refractivity contribution in [3.63, 3.8) is 0 Å². The zero-order valence-corrected chi connectivity index (χ0v) is 9.53. The molecule has 0 bridgehead atoms. The normalized spacial score (nSPS) is 12.7. The van der Waals surface area contributed by atoms with E-state index in [0.29, 0.717) is 0 Å². The highest BCUT2D eigenvalue weighted by Crippen LogP contribution is 2.18. The van der Waals surface area contributed by atoms with Crippen molar-refractivity contribution in [3.05, 3.63) is 24.0 Å². The number of unbranched alkanes of at least 4 members (excludes halogenated alkanes) is 1. The molecular weight excluding hydrogens is 186 g/mol. The number of aromatic amines is 1. The van der Waals surface area contributed by atoms with Gasteiger partial charge in [-0.25, -0.2) is 0 Å². The predicted molar refractivity (Wildman–Crippen MR) is 61.3 cm³/mol. The molecular formula is C12H19N3. The second-order valence-electron chi connectivity index (χ2n) is 3.64. The monoisotopic (exact) mass is 205 g/mol. The van der Waals surface area contributed by atoms with Gasteiger partial charge in [0.15, 0.2) is 0 Å². The number of hydrogen-bond acceptors (Lipinski definition) is 2. The summed E-state index contributed by atoms with van der Waals surface area (Å²) in [7, 11) is 0. The summed E-state index contributed by atoms with van der Waals surface area (Å²) in [6, 6.07) is 6.14. The minimum Gasteiger partial charge on any atom is -0.363 e. The van der Waals surface area contributed by atoms with E-state index < -0.39 is 0 Å². The largest absolute Gasteiger partial charge is 0.363 e. The van der Waals surface area contributed by atoms with Gasteiger partial charge >= 0.3 is 0 Å². The molecule has 15 heavy (non-hydrogen) atoms. The summed E-state index contributed by atoms with van der Waals surface area (Å²) in [5.74, 6) is 0. The molecule has 1 atom stereocenters. The number of aromatic nitrogens is 1. The van der Waals surface area contributed by atoms with Gasteiger partial charge in [-0.15, -0.1) is 0 Å². The van der Waals surface area contributed by atoms with Crippen molar-refractivity contribution in [2.45, 2.75) is 32.7 Å². The molecule has 0 aromatic carbocycles. The van der Waals surface area contributed by atoms with Crippen LogP contribution in [0.15, 0.2) is 18.3 Å². The average Bonchev–Trinajstić information content (AvgIpc) is 2.77. The lowest BCUT2D eigenvalue weighted by Crippen LogP contribution is -2.29. The number of nitriles is 1. The third-order valence-corrected chi connectivity index (χ3v) is 2.61. The van der Waals surface area contributed by atoms with E-state index in [-0.39, 0.29) is 6.04 Å². The van der Waals surface area contributed by atoms with Crippen LogP contribution in [-0.4, -0.2) is 23.0 Å². The Hall–Kier alpha value is -1.27. The number of hydrogen-bond donors (Lipinski definition) is 1. The van der Waals surface area contributed by atoms with Gasteiger partial charge < -0.3 is 4.98 Å². The molecule has 0 fully saturated rings. The second kappa shape index (κ2) is 6.26.